The Labute approximate surface area is 183 Å². The van der Waals surface area contributed by atoms with Crippen molar-refractivity contribution in [2.75, 3.05) is 23.4 Å². The number of hydrogen-bond donors (Lipinski definition) is 1. The third-order valence-electron chi connectivity index (χ3n) is 5.84. The largest absolute Gasteiger partial charge is 0.455 e. The molecule has 2 aromatic rings. The molecule has 0 aromatic heterocycles. The van der Waals surface area contributed by atoms with Gasteiger partial charge in [0.05, 0.1) is 5.92 Å². The summed E-state index contributed by atoms with van der Waals surface area (Å²) in [5.41, 5.74) is 3.77. The van der Waals surface area contributed by atoms with Gasteiger partial charge in [0.25, 0.3) is 5.91 Å². The highest BCUT2D eigenvalue weighted by Crippen LogP contribution is 2.29. The number of carbonyl (C=O) groups excluding carboxylic acids is 3. The summed E-state index contributed by atoms with van der Waals surface area (Å²) in [5.74, 6) is -1.13. The van der Waals surface area contributed by atoms with Gasteiger partial charge in [-0.15, -0.1) is 0 Å². The van der Waals surface area contributed by atoms with E-state index in [9.17, 15) is 14.4 Å². The van der Waals surface area contributed by atoms with Crippen LogP contribution in [-0.4, -0.2) is 30.9 Å². The Morgan fingerprint density at radius 3 is 2.52 bits per heavy atom. The smallest absolute Gasteiger partial charge is 0.311 e. The number of esters is 1. The number of para-hydroxylation sites is 1. The zero-order valence-electron chi connectivity index (χ0n) is 18.4. The fourth-order valence-corrected chi connectivity index (χ4v) is 3.75. The second kappa shape index (κ2) is 10.2. The maximum Gasteiger partial charge on any atom is 0.311 e. The van der Waals surface area contributed by atoms with Crippen molar-refractivity contribution in [1.29, 1.82) is 0 Å². The van der Waals surface area contributed by atoms with Crippen LogP contribution in [0.5, 0.6) is 0 Å². The molecular formula is C25H30N2O4. The van der Waals surface area contributed by atoms with Gasteiger partial charge in [0.15, 0.2) is 6.61 Å². The molecule has 0 radical (unpaired) electrons. The lowest BCUT2D eigenvalue weighted by atomic mass is 9.99. The van der Waals surface area contributed by atoms with Crippen LogP contribution in [0.25, 0.3) is 0 Å². The molecule has 6 heteroatoms. The van der Waals surface area contributed by atoms with Crippen LogP contribution in [0.15, 0.2) is 48.5 Å². The van der Waals surface area contributed by atoms with Gasteiger partial charge >= 0.3 is 5.97 Å². The first-order valence-corrected chi connectivity index (χ1v) is 10.9. The summed E-state index contributed by atoms with van der Waals surface area (Å²) < 4.78 is 5.20. The molecule has 0 unspecified atom stereocenters. The van der Waals surface area contributed by atoms with E-state index in [2.05, 4.69) is 19.2 Å². The molecule has 1 fully saturated rings. The molecule has 2 atom stereocenters. The predicted molar refractivity (Wildman–Crippen MR) is 121 cm³/mol. The summed E-state index contributed by atoms with van der Waals surface area (Å²) in [5, 5.41) is 2.74. The molecule has 6 nitrogen and oxygen atoms in total. The third-order valence-corrected chi connectivity index (χ3v) is 5.84. The van der Waals surface area contributed by atoms with Crippen molar-refractivity contribution in [2.24, 2.45) is 5.92 Å². The Kier molecular flexibility index (Phi) is 7.45. The minimum atomic E-state index is -0.569. The van der Waals surface area contributed by atoms with Crippen molar-refractivity contribution in [2.45, 2.75) is 46.0 Å². The molecule has 1 saturated heterocycles. The minimum absolute atomic E-state index is 0.0928. The highest BCUT2D eigenvalue weighted by molar-refractivity contribution is 6.00. The predicted octanol–water partition coefficient (Wildman–Crippen LogP) is 4.30. The van der Waals surface area contributed by atoms with Crippen LogP contribution in [0.4, 0.5) is 11.4 Å². The van der Waals surface area contributed by atoms with Crippen LogP contribution >= 0.6 is 0 Å². The molecule has 0 saturated carbocycles. The molecule has 2 aromatic carbocycles. The fourth-order valence-electron chi connectivity index (χ4n) is 3.75. The number of hydrogen-bond acceptors (Lipinski definition) is 4. The molecule has 164 valence electrons. The fraction of sp³-hybridized carbons (Fsp3) is 0.400. The number of rotatable bonds is 8. The molecule has 0 bridgehead atoms. The average Bonchev–Trinajstić information content (AvgIpc) is 3.18. The van der Waals surface area contributed by atoms with Crippen molar-refractivity contribution in [3.8, 4) is 0 Å². The van der Waals surface area contributed by atoms with Gasteiger partial charge in [0, 0.05) is 24.3 Å². The first kappa shape index (κ1) is 22.5. The molecule has 1 N–H and O–H groups in total. The summed E-state index contributed by atoms with van der Waals surface area (Å²) in [7, 11) is 0. The molecule has 0 spiro atoms. The molecule has 1 heterocycles. The monoisotopic (exact) mass is 422 g/mol. The lowest BCUT2D eigenvalue weighted by Gasteiger charge is -2.19. The first-order valence-electron chi connectivity index (χ1n) is 10.9. The zero-order valence-corrected chi connectivity index (χ0v) is 18.4. The molecular weight excluding hydrogens is 392 g/mol. The van der Waals surface area contributed by atoms with Crippen LogP contribution in [-0.2, 0) is 25.5 Å². The van der Waals surface area contributed by atoms with E-state index in [-0.39, 0.29) is 25.5 Å². The number of aryl methyl sites for hydroxylation is 1. The quantitative estimate of drug-likeness (QED) is 0.644. The van der Waals surface area contributed by atoms with Gasteiger partial charge in [-0.3, -0.25) is 14.4 Å². The number of benzene rings is 2. The molecule has 31 heavy (non-hydrogen) atoms. The van der Waals surface area contributed by atoms with E-state index in [0.29, 0.717) is 11.6 Å². The highest BCUT2D eigenvalue weighted by atomic mass is 16.5. The number of ether oxygens (including phenoxy) is 1. The van der Waals surface area contributed by atoms with Crippen LogP contribution in [0, 0.1) is 5.92 Å². The van der Waals surface area contributed by atoms with E-state index in [1.165, 1.54) is 5.56 Å². The summed E-state index contributed by atoms with van der Waals surface area (Å²) in [6, 6.07) is 15.4. The number of amides is 2. The lowest BCUT2D eigenvalue weighted by molar-refractivity contribution is -0.151. The second-order valence-corrected chi connectivity index (χ2v) is 7.97. The zero-order chi connectivity index (χ0) is 22.4. The standard InChI is InChI=1S/C25H30N2O4/c1-4-17(3)19-10-12-21(13-11-19)26-23(28)16-31-25(30)20-14-24(29)27(15-20)22-9-7-6-8-18(22)5-2/h6-13,17,20H,4-5,14-16H2,1-3H3,(H,26,28)/t17-,20-/m1/s1. The first-order chi connectivity index (χ1) is 14.9. The third kappa shape index (κ3) is 5.51. The number of nitrogens with one attached hydrogen (secondary N) is 1. The van der Waals surface area contributed by atoms with E-state index in [0.717, 1.165) is 24.1 Å². The molecule has 1 aliphatic rings. The van der Waals surface area contributed by atoms with Gasteiger partial charge in [-0.25, -0.2) is 0 Å². The van der Waals surface area contributed by atoms with Crippen LogP contribution in [0.2, 0.25) is 0 Å². The van der Waals surface area contributed by atoms with Crippen LogP contribution < -0.4 is 10.2 Å². The Hall–Kier alpha value is -3.15. The maximum absolute atomic E-state index is 12.5. The van der Waals surface area contributed by atoms with Crippen LogP contribution in [0.1, 0.15) is 50.7 Å². The van der Waals surface area contributed by atoms with Gasteiger partial charge in [-0.05, 0) is 48.1 Å². The summed E-state index contributed by atoms with van der Waals surface area (Å²) >= 11 is 0. The Morgan fingerprint density at radius 1 is 1.13 bits per heavy atom. The Morgan fingerprint density at radius 2 is 1.84 bits per heavy atom. The summed E-state index contributed by atoms with van der Waals surface area (Å²) in [6.45, 7) is 6.22. The van der Waals surface area contributed by atoms with Gasteiger partial charge < -0.3 is 15.0 Å². The SMILES string of the molecule is CCc1ccccc1N1C[C@H](C(=O)OCC(=O)Nc2ccc([C@H](C)CC)cc2)CC1=O. The van der Waals surface area contributed by atoms with Crippen molar-refractivity contribution in [1.82, 2.24) is 0 Å². The topological polar surface area (TPSA) is 75.7 Å². The number of carbonyl (C=O) groups is 3. The highest BCUT2D eigenvalue weighted by Gasteiger charge is 2.37. The molecule has 1 aliphatic heterocycles. The van der Waals surface area contributed by atoms with Crippen molar-refractivity contribution in [3.05, 3.63) is 59.7 Å². The minimum Gasteiger partial charge on any atom is -0.455 e. The van der Waals surface area contributed by atoms with Crippen molar-refractivity contribution >= 4 is 29.2 Å². The van der Waals surface area contributed by atoms with Gasteiger partial charge in [-0.1, -0.05) is 51.1 Å². The molecule has 3 rings (SSSR count). The van der Waals surface area contributed by atoms with Crippen LogP contribution in [0.3, 0.4) is 0 Å². The Bertz CT molecular complexity index is 939. The van der Waals surface area contributed by atoms with E-state index < -0.39 is 17.8 Å². The molecule has 0 aliphatic carbocycles. The van der Waals surface area contributed by atoms with Gasteiger partial charge in [0.2, 0.25) is 5.91 Å². The van der Waals surface area contributed by atoms with Gasteiger partial charge in [-0.2, -0.15) is 0 Å². The number of anilines is 2. The number of nitrogens with zero attached hydrogens (tertiary/aromatic N) is 1. The maximum atomic E-state index is 12.5. The van der Waals surface area contributed by atoms with E-state index in [1.54, 1.807) is 4.90 Å². The Balaban J connectivity index is 1.51. The van der Waals surface area contributed by atoms with Gasteiger partial charge in [0.1, 0.15) is 0 Å². The van der Waals surface area contributed by atoms with E-state index in [1.807, 2.05) is 55.5 Å². The molecule has 2 amide bonds. The van der Waals surface area contributed by atoms with E-state index in [4.69, 9.17) is 4.74 Å². The normalized spacial score (nSPS) is 16.8. The van der Waals surface area contributed by atoms with Crippen molar-refractivity contribution in [3.63, 3.8) is 0 Å². The van der Waals surface area contributed by atoms with Crippen molar-refractivity contribution < 1.29 is 19.1 Å². The van der Waals surface area contributed by atoms with E-state index >= 15 is 0 Å². The summed E-state index contributed by atoms with van der Waals surface area (Å²) in [6.07, 6.45) is 1.94. The second-order valence-electron chi connectivity index (χ2n) is 7.97. The average molecular weight is 423 g/mol. The summed E-state index contributed by atoms with van der Waals surface area (Å²) in [4.78, 5) is 38.7. The lowest BCUT2D eigenvalue weighted by Crippen LogP contribution is -2.28.